The van der Waals surface area contributed by atoms with E-state index in [9.17, 15) is 13.6 Å². The third kappa shape index (κ3) is 3.17. The van der Waals surface area contributed by atoms with Crippen LogP contribution in [0.1, 0.15) is 36.0 Å². The smallest absolute Gasteiger partial charge is 0.253 e. The first-order chi connectivity index (χ1) is 8.97. The summed E-state index contributed by atoms with van der Waals surface area (Å²) in [4.78, 5) is 14.3. The molecule has 5 N–H and O–H groups in total. The van der Waals surface area contributed by atoms with Crippen LogP contribution in [0.2, 0.25) is 0 Å². The molecule has 1 heterocycles. The van der Waals surface area contributed by atoms with Crippen LogP contribution in [0, 0.1) is 11.8 Å². The largest absolute Gasteiger partial charge is 0.365 e. The number of primary amides is 1. The van der Waals surface area contributed by atoms with Gasteiger partial charge in [0.05, 0.1) is 5.56 Å². The summed E-state index contributed by atoms with van der Waals surface area (Å²) in [6.45, 7) is 0. The minimum absolute atomic E-state index is 0.0145. The Morgan fingerprint density at radius 1 is 1.32 bits per heavy atom. The van der Waals surface area contributed by atoms with E-state index in [2.05, 4.69) is 10.3 Å². The number of nitrogens with one attached hydrogen (secondary N) is 1. The molecule has 0 atom stereocenters. The number of hydrogen-bond acceptors (Lipinski definition) is 4. The number of hydrogen-bond donors (Lipinski definition) is 3. The number of nitrogens with two attached hydrogens (primary N) is 2. The molecule has 7 heteroatoms. The summed E-state index contributed by atoms with van der Waals surface area (Å²) in [6.07, 6.45) is 3.23. The van der Waals surface area contributed by atoms with Crippen molar-refractivity contribution in [3.05, 3.63) is 23.4 Å². The van der Waals surface area contributed by atoms with Gasteiger partial charge in [0.1, 0.15) is 0 Å². The number of carbonyl (C=O) groups excluding carboxylic acids is 1. The van der Waals surface area contributed by atoms with E-state index in [1.807, 2.05) is 0 Å². The monoisotopic (exact) mass is 270 g/mol. The number of halogens is 2. The molecule has 1 fully saturated rings. The predicted molar refractivity (Wildman–Crippen MR) is 66.5 cm³/mol. The van der Waals surface area contributed by atoms with Crippen molar-refractivity contribution in [1.82, 2.24) is 4.98 Å². The van der Waals surface area contributed by atoms with Crippen LogP contribution in [0.5, 0.6) is 0 Å². The number of pyridine rings is 1. The molecule has 1 saturated carbocycles. The van der Waals surface area contributed by atoms with Crippen molar-refractivity contribution in [2.75, 3.05) is 5.32 Å². The van der Waals surface area contributed by atoms with Crippen LogP contribution >= 0.6 is 0 Å². The quantitative estimate of drug-likeness (QED) is 0.718. The van der Waals surface area contributed by atoms with Crippen molar-refractivity contribution in [1.29, 1.82) is 0 Å². The standard InChI is InChI=1S/C12H16F2N4O/c13-9-5-8(11(16)19)10(14)18-12(9)17-7-3-1-6(15)2-4-7/h5-7H,1-4,15H2,(H2,16,19)(H,17,18). The summed E-state index contributed by atoms with van der Waals surface area (Å²) in [5.41, 5.74) is 10.1. The molecule has 0 spiro atoms. The van der Waals surface area contributed by atoms with Crippen molar-refractivity contribution in [2.24, 2.45) is 11.5 Å². The first kappa shape index (κ1) is 13.7. The summed E-state index contributed by atoms with van der Waals surface area (Å²) in [7, 11) is 0. The summed E-state index contributed by atoms with van der Waals surface area (Å²) in [6, 6.07) is 0.951. The molecule has 0 saturated heterocycles. The van der Waals surface area contributed by atoms with Crippen LogP contribution in [0.4, 0.5) is 14.6 Å². The molecule has 1 aromatic rings. The third-order valence-electron chi connectivity index (χ3n) is 3.31. The fraction of sp³-hybridized carbons (Fsp3) is 0.500. The van der Waals surface area contributed by atoms with Crippen LogP contribution in [-0.4, -0.2) is 23.0 Å². The van der Waals surface area contributed by atoms with E-state index in [1.165, 1.54) is 0 Å². The van der Waals surface area contributed by atoms with Crippen molar-refractivity contribution >= 4 is 11.7 Å². The number of nitrogens with zero attached hydrogens (tertiary/aromatic N) is 1. The normalized spacial score (nSPS) is 23.1. The minimum Gasteiger partial charge on any atom is -0.365 e. The molecular weight excluding hydrogens is 254 g/mol. The van der Waals surface area contributed by atoms with E-state index < -0.39 is 23.2 Å². The topological polar surface area (TPSA) is 94.0 Å². The molecular formula is C12H16F2N4O. The van der Waals surface area contributed by atoms with E-state index in [1.54, 1.807) is 0 Å². The van der Waals surface area contributed by atoms with Crippen LogP contribution in [0.25, 0.3) is 0 Å². The summed E-state index contributed by atoms with van der Waals surface area (Å²) in [5, 5.41) is 2.84. The Balaban J connectivity index is 2.13. The van der Waals surface area contributed by atoms with Crippen molar-refractivity contribution in [2.45, 2.75) is 37.8 Å². The summed E-state index contributed by atoms with van der Waals surface area (Å²) >= 11 is 0. The fourth-order valence-corrected chi connectivity index (χ4v) is 2.20. The number of amides is 1. The molecule has 0 aromatic carbocycles. The van der Waals surface area contributed by atoms with E-state index in [-0.39, 0.29) is 17.9 Å². The lowest BCUT2D eigenvalue weighted by molar-refractivity contribution is 0.0995. The first-order valence-electron chi connectivity index (χ1n) is 6.15. The second-order valence-corrected chi connectivity index (χ2v) is 4.78. The Hall–Kier alpha value is -1.76. The van der Waals surface area contributed by atoms with Crippen LogP contribution in [-0.2, 0) is 0 Å². The minimum atomic E-state index is -1.07. The van der Waals surface area contributed by atoms with Crippen LogP contribution < -0.4 is 16.8 Å². The van der Waals surface area contributed by atoms with Crippen molar-refractivity contribution in [3.63, 3.8) is 0 Å². The van der Waals surface area contributed by atoms with Gasteiger partial charge in [-0.25, -0.2) is 4.39 Å². The molecule has 19 heavy (non-hydrogen) atoms. The highest BCUT2D eigenvalue weighted by Crippen LogP contribution is 2.22. The molecule has 1 aromatic heterocycles. The van der Waals surface area contributed by atoms with Crippen molar-refractivity contribution in [3.8, 4) is 0 Å². The van der Waals surface area contributed by atoms with Gasteiger partial charge in [0, 0.05) is 12.1 Å². The highest BCUT2D eigenvalue weighted by molar-refractivity contribution is 5.92. The predicted octanol–water partition coefficient (Wildman–Crippen LogP) is 1.14. The lowest BCUT2D eigenvalue weighted by atomic mass is 9.92. The zero-order valence-corrected chi connectivity index (χ0v) is 10.3. The number of aromatic nitrogens is 1. The second kappa shape index (κ2) is 5.48. The summed E-state index contributed by atoms with van der Waals surface area (Å²) in [5.74, 6) is -3.09. The average Bonchev–Trinajstić information content (AvgIpc) is 2.35. The van der Waals surface area contributed by atoms with Gasteiger partial charge in [-0.3, -0.25) is 4.79 Å². The molecule has 0 radical (unpaired) electrons. The maximum atomic E-state index is 13.7. The molecule has 1 aliphatic rings. The first-order valence-corrected chi connectivity index (χ1v) is 6.15. The zero-order chi connectivity index (χ0) is 14.0. The van der Waals surface area contributed by atoms with E-state index >= 15 is 0 Å². The molecule has 2 rings (SSSR count). The maximum Gasteiger partial charge on any atom is 0.253 e. The zero-order valence-electron chi connectivity index (χ0n) is 10.3. The van der Waals surface area contributed by atoms with E-state index in [0.29, 0.717) is 0 Å². The van der Waals surface area contributed by atoms with Gasteiger partial charge in [0.15, 0.2) is 11.6 Å². The summed E-state index contributed by atoms with van der Waals surface area (Å²) < 4.78 is 27.2. The highest BCUT2D eigenvalue weighted by atomic mass is 19.1. The SMILES string of the molecule is NC(=O)c1cc(F)c(NC2CCC(N)CC2)nc1F. The Morgan fingerprint density at radius 3 is 2.53 bits per heavy atom. The number of rotatable bonds is 3. The highest BCUT2D eigenvalue weighted by Gasteiger charge is 2.21. The molecule has 104 valence electrons. The van der Waals surface area contributed by atoms with Gasteiger partial charge in [0.25, 0.3) is 5.91 Å². The van der Waals surface area contributed by atoms with Gasteiger partial charge in [-0.2, -0.15) is 9.37 Å². The van der Waals surface area contributed by atoms with Gasteiger partial charge in [-0.15, -0.1) is 0 Å². The Labute approximate surface area is 109 Å². The van der Waals surface area contributed by atoms with Gasteiger partial charge >= 0.3 is 0 Å². The Kier molecular flexibility index (Phi) is 3.94. The van der Waals surface area contributed by atoms with E-state index in [0.717, 1.165) is 31.7 Å². The Bertz CT molecular complexity index is 487. The molecule has 0 aliphatic heterocycles. The lowest BCUT2D eigenvalue weighted by Crippen LogP contribution is -2.33. The second-order valence-electron chi connectivity index (χ2n) is 4.78. The fourth-order valence-electron chi connectivity index (χ4n) is 2.20. The van der Waals surface area contributed by atoms with Gasteiger partial charge in [-0.1, -0.05) is 0 Å². The molecule has 5 nitrogen and oxygen atoms in total. The van der Waals surface area contributed by atoms with Gasteiger partial charge in [0.2, 0.25) is 5.95 Å². The molecule has 1 amide bonds. The number of carbonyl (C=O) groups is 1. The average molecular weight is 270 g/mol. The maximum absolute atomic E-state index is 13.7. The molecule has 1 aliphatic carbocycles. The number of anilines is 1. The van der Waals surface area contributed by atoms with Gasteiger partial charge in [-0.05, 0) is 31.7 Å². The lowest BCUT2D eigenvalue weighted by Gasteiger charge is -2.27. The van der Waals surface area contributed by atoms with Crippen LogP contribution in [0.15, 0.2) is 6.07 Å². The third-order valence-corrected chi connectivity index (χ3v) is 3.31. The molecule has 0 bridgehead atoms. The van der Waals surface area contributed by atoms with Crippen LogP contribution in [0.3, 0.4) is 0 Å². The van der Waals surface area contributed by atoms with Crippen molar-refractivity contribution < 1.29 is 13.6 Å². The van der Waals surface area contributed by atoms with E-state index in [4.69, 9.17) is 11.5 Å². The van der Waals surface area contributed by atoms with Gasteiger partial charge < -0.3 is 16.8 Å². The molecule has 0 unspecified atom stereocenters. The Morgan fingerprint density at radius 2 is 1.95 bits per heavy atom.